The Labute approximate surface area is 116 Å². The van der Waals surface area contributed by atoms with E-state index in [0.29, 0.717) is 0 Å². The van der Waals surface area contributed by atoms with Gasteiger partial charge in [-0.2, -0.15) is 0 Å². The summed E-state index contributed by atoms with van der Waals surface area (Å²) < 4.78 is 30.4. The molecule has 0 amide bonds. The van der Waals surface area contributed by atoms with Crippen molar-refractivity contribution in [2.75, 3.05) is 6.61 Å². The van der Waals surface area contributed by atoms with Gasteiger partial charge in [-0.1, -0.05) is 11.6 Å². The number of hydrogen-bond donors (Lipinski definition) is 0. The third-order valence-corrected chi connectivity index (χ3v) is 3.20. The number of pyridine rings is 1. The van der Waals surface area contributed by atoms with Crippen molar-refractivity contribution >= 4 is 40.2 Å². The minimum Gasteiger partial charge on any atom is -0.466 e. The second-order valence-corrected chi connectivity index (χ2v) is 4.60. The van der Waals surface area contributed by atoms with E-state index in [9.17, 15) is 13.6 Å². The standard InChI is InChI=1S/C10H9ClF2INO2/c1-2-17-7(16)3-6-9(11)8(10(12)13)5(14)4-15-6/h4,10H,2-3H2,1H3. The maximum Gasteiger partial charge on any atom is 0.311 e. The predicted molar refractivity (Wildman–Crippen MR) is 67.3 cm³/mol. The first-order chi connectivity index (χ1) is 7.97. The number of nitrogens with zero attached hydrogens (tertiary/aromatic N) is 1. The lowest BCUT2D eigenvalue weighted by molar-refractivity contribution is -0.142. The van der Waals surface area contributed by atoms with E-state index in [1.54, 1.807) is 29.5 Å². The van der Waals surface area contributed by atoms with Crippen LogP contribution in [0.3, 0.4) is 0 Å². The Morgan fingerprint density at radius 3 is 2.82 bits per heavy atom. The van der Waals surface area contributed by atoms with Crippen molar-refractivity contribution < 1.29 is 18.3 Å². The third kappa shape index (κ3) is 3.74. The van der Waals surface area contributed by atoms with E-state index in [1.807, 2.05) is 0 Å². The molecule has 0 aliphatic heterocycles. The molecule has 0 unspecified atom stereocenters. The first-order valence-electron chi connectivity index (χ1n) is 4.73. The van der Waals surface area contributed by atoms with Gasteiger partial charge in [0.25, 0.3) is 6.43 Å². The number of esters is 1. The molecular formula is C10H9ClF2INO2. The summed E-state index contributed by atoms with van der Waals surface area (Å²) in [6.45, 7) is 1.88. The van der Waals surface area contributed by atoms with Crippen molar-refractivity contribution in [2.45, 2.75) is 19.8 Å². The molecule has 0 saturated carbocycles. The van der Waals surface area contributed by atoms with Crippen LogP contribution in [-0.2, 0) is 16.0 Å². The van der Waals surface area contributed by atoms with Gasteiger partial charge in [-0.05, 0) is 29.5 Å². The maximum atomic E-state index is 12.7. The first kappa shape index (κ1) is 14.6. The molecular weight excluding hydrogens is 366 g/mol. The van der Waals surface area contributed by atoms with Crippen molar-refractivity contribution in [3.8, 4) is 0 Å². The molecule has 17 heavy (non-hydrogen) atoms. The summed E-state index contributed by atoms with van der Waals surface area (Å²) >= 11 is 7.52. The van der Waals surface area contributed by atoms with Crippen molar-refractivity contribution in [3.05, 3.63) is 26.0 Å². The number of carbonyl (C=O) groups excluding carboxylic acids is 1. The molecule has 7 heteroatoms. The Bertz CT molecular complexity index is 429. The van der Waals surface area contributed by atoms with Gasteiger partial charge in [-0.3, -0.25) is 9.78 Å². The van der Waals surface area contributed by atoms with E-state index in [2.05, 4.69) is 4.98 Å². The molecule has 0 aliphatic rings. The van der Waals surface area contributed by atoms with Gasteiger partial charge >= 0.3 is 5.97 Å². The van der Waals surface area contributed by atoms with Gasteiger partial charge in [0.15, 0.2) is 0 Å². The fraction of sp³-hybridized carbons (Fsp3) is 0.400. The van der Waals surface area contributed by atoms with E-state index in [-0.39, 0.29) is 32.9 Å². The number of ether oxygens (including phenoxy) is 1. The second kappa shape index (κ2) is 6.44. The molecule has 1 aromatic heterocycles. The molecule has 1 rings (SSSR count). The lowest BCUT2D eigenvalue weighted by atomic mass is 10.2. The van der Waals surface area contributed by atoms with E-state index >= 15 is 0 Å². The van der Waals surface area contributed by atoms with Crippen LogP contribution in [0.1, 0.15) is 24.6 Å². The largest absolute Gasteiger partial charge is 0.466 e. The summed E-state index contributed by atoms with van der Waals surface area (Å²) in [5, 5.41) is -0.167. The van der Waals surface area contributed by atoms with Crippen LogP contribution in [0, 0.1) is 3.57 Å². The Kier molecular flexibility index (Phi) is 5.51. The average molecular weight is 376 g/mol. The molecule has 0 N–H and O–H groups in total. The molecule has 0 fully saturated rings. The first-order valence-corrected chi connectivity index (χ1v) is 6.19. The van der Waals surface area contributed by atoms with Crippen LogP contribution in [0.5, 0.6) is 0 Å². The Balaban J connectivity index is 3.02. The van der Waals surface area contributed by atoms with Crippen LogP contribution in [0.15, 0.2) is 6.20 Å². The highest BCUT2D eigenvalue weighted by molar-refractivity contribution is 14.1. The second-order valence-electron chi connectivity index (χ2n) is 3.06. The van der Waals surface area contributed by atoms with Gasteiger partial charge in [0, 0.05) is 9.77 Å². The lowest BCUT2D eigenvalue weighted by Gasteiger charge is -2.09. The topological polar surface area (TPSA) is 39.2 Å². The number of aromatic nitrogens is 1. The lowest BCUT2D eigenvalue weighted by Crippen LogP contribution is -2.10. The predicted octanol–water partition coefficient (Wildman–Crippen LogP) is 3.38. The molecule has 0 radical (unpaired) electrons. The molecule has 0 aromatic carbocycles. The highest BCUT2D eigenvalue weighted by Gasteiger charge is 2.21. The van der Waals surface area contributed by atoms with Crippen molar-refractivity contribution in [1.82, 2.24) is 4.98 Å². The van der Waals surface area contributed by atoms with Crippen molar-refractivity contribution in [2.24, 2.45) is 0 Å². The summed E-state index contributed by atoms with van der Waals surface area (Å²) in [6, 6.07) is 0. The van der Waals surface area contributed by atoms with E-state index in [1.165, 1.54) is 6.20 Å². The number of hydrogen-bond acceptors (Lipinski definition) is 3. The normalized spacial score (nSPS) is 10.7. The SMILES string of the molecule is CCOC(=O)Cc1ncc(I)c(C(F)F)c1Cl. The van der Waals surface area contributed by atoms with Gasteiger partial charge < -0.3 is 4.74 Å². The zero-order chi connectivity index (χ0) is 13.0. The highest BCUT2D eigenvalue weighted by Crippen LogP contribution is 2.32. The Hall–Kier alpha value is -0.500. The van der Waals surface area contributed by atoms with E-state index in [4.69, 9.17) is 16.3 Å². The van der Waals surface area contributed by atoms with Gasteiger partial charge in [-0.15, -0.1) is 0 Å². The summed E-state index contributed by atoms with van der Waals surface area (Å²) in [4.78, 5) is 15.1. The minimum atomic E-state index is -2.70. The van der Waals surface area contributed by atoms with E-state index in [0.717, 1.165) is 0 Å². The monoisotopic (exact) mass is 375 g/mol. The maximum absolute atomic E-state index is 12.7. The number of alkyl halides is 2. The van der Waals surface area contributed by atoms with Gasteiger partial charge in [-0.25, -0.2) is 8.78 Å². The van der Waals surface area contributed by atoms with Crippen LogP contribution in [0.4, 0.5) is 8.78 Å². The molecule has 1 heterocycles. The Morgan fingerprint density at radius 1 is 1.65 bits per heavy atom. The van der Waals surface area contributed by atoms with Crippen molar-refractivity contribution in [3.63, 3.8) is 0 Å². The number of carbonyl (C=O) groups is 1. The van der Waals surface area contributed by atoms with Crippen LogP contribution in [-0.4, -0.2) is 17.6 Å². The molecule has 0 aliphatic carbocycles. The molecule has 1 aromatic rings. The van der Waals surface area contributed by atoms with Crippen LogP contribution >= 0.6 is 34.2 Å². The fourth-order valence-corrected chi connectivity index (χ4v) is 2.30. The zero-order valence-corrected chi connectivity index (χ0v) is 11.8. The number of halogens is 4. The molecule has 0 atom stereocenters. The number of rotatable bonds is 4. The molecule has 0 saturated heterocycles. The van der Waals surface area contributed by atoms with Crippen LogP contribution in [0.25, 0.3) is 0 Å². The smallest absolute Gasteiger partial charge is 0.311 e. The van der Waals surface area contributed by atoms with Crippen molar-refractivity contribution in [1.29, 1.82) is 0 Å². The summed E-state index contributed by atoms with van der Waals surface area (Å²) in [7, 11) is 0. The summed E-state index contributed by atoms with van der Waals surface area (Å²) in [5.41, 5.74) is -0.178. The summed E-state index contributed by atoms with van der Waals surface area (Å²) in [5.74, 6) is -0.539. The highest BCUT2D eigenvalue weighted by atomic mass is 127. The van der Waals surface area contributed by atoms with Gasteiger partial charge in [0.2, 0.25) is 0 Å². The minimum absolute atomic E-state index is 0.112. The molecule has 94 valence electrons. The van der Waals surface area contributed by atoms with Crippen LogP contribution < -0.4 is 0 Å². The molecule has 3 nitrogen and oxygen atoms in total. The quantitative estimate of drug-likeness (QED) is 0.598. The van der Waals surface area contributed by atoms with E-state index < -0.39 is 12.4 Å². The zero-order valence-electron chi connectivity index (χ0n) is 8.84. The molecule has 0 spiro atoms. The fourth-order valence-electron chi connectivity index (χ4n) is 1.19. The van der Waals surface area contributed by atoms with Gasteiger partial charge in [0.1, 0.15) is 0 Å². The summed E-state index contributed by atoms with van der Waals surface area (Å²) in [6.07, 6.45) is -1.63. The average Bonchev–Trinajstić information content (AvgIpc) is 2.22. The third-order valence-electron chi connectivity index (χ3n) is 1.92. The van der Waals surface area contributed by atoms with Gasteiger partial charge in [0.05, 0.1) is 29.3 Å². The Morgan fingerprint density at radius 2 is 2.29 bits per heavy atom. The molecule has 0 bridgehead atoms. The van der Waals surface area contributed by atoms with Crippen LogP contribution in [0.2, 0.25) is 5.02 Å².